The van der Waals surface area contributed by atoms with Gasteiger partial charge in [-0.1, -0.05) is 11.6 Å². The first kappa shape index (κ1) is 20.5. The van der Waals surface area contributed by atoms with E-state index in [-0.39, 0.29) is 42.9 Å². The predicted molar refractivity (Wildman–Crippen MR) is 111 cm³/mol. The normalized spacial score (nSPS) is 19.2. The Morgan fingerprint density at radius 1 is 1.27 bits per heavy atom. The highest BCUT2D eigenvalue weighted by Crippen LogP contribution is 2.34. The number of benzene rings is 1. The van der Waals surface area contributed by atoms with Crippen LogP contribution < -0.4 is 15.1 Å². The van der Waals surface area contributed by atoms with Gasteiger partial charge in [0.15, 0.2) is 0 Å². The lowest BCUT2D eigenvalue weighted by atomic mass is 10.2. The topological polar surface area (TPSA) is 108 Å². The highest BCUT2D eigenvalue weighted by Gasteiger charge is 2.34. The highest BCUT2D eigenvalue weighted by atomic mass is 35.5. The molecule has 1 aromatic carbocycles. The molecule has 2 N–H and O–H groups in total. The van der Waals surface area contributed by atoms with Gasteiger partial charge < -0.3 is 24.8 Å². The van der Waals surface area contributed by atoms with Gasteiger partial charge in [0.25, 0.3) is 11.8 Å². The summed E-state index contributed by atoms with van der Waals surface area (Å²) in [7, 11) is 0. The van der Waals surface area contributed by atoms with Crippen LogP contribution in [0.3, 0.4) is 0 Å². The first-order valence-electron chi connectivity index (χ1n) is 9.15. The molecule has 30 heavy (non-hydrogen) atoms. The largest absolute Gasteiger partial charge is 0.506 e. The maximum atomic E-state index is 12.3. The van der Waals surface area contributed by atoms with Crippen LogP contribution >= 0.6 is 22.9 Å². The van der Waals surface area contributed by atoms with Gasteiger partial charge in [-0.2, -0.15) is 0 Å². The van der Waals surface area contributed by atoms with Gasteiger partial charge in [0.1, 0.15) is 18.5 Å². The van der Waals surface area contributed by atoms with Gasteiger partial charge in [-0.25, -0.2) is 4.79 Å². The number of ether oxygens (including phenoxy) is 2. The van der Waals surface area contributed by atoms with Gasteiger partial charge in [-0.05, 0) is 24.3 Å². The Morgan fingerprint density at radius 3 is 2.80 bits per heavy atom. The van der Waals surface area contributed by atoms with Gasteiger partial charge in [-0.3, -0.25) is 14.5 Å². The number of carbonyl (C=O) groups is 3. The lowest BCUT2D eigenvalue weighted by molar-refractivity contribution is -0.125. The van der Waals surface area contributed by atoms with Crippen molar-refractivity contribution in [1.29, 1.82) is 0 Å². The maximum absolute atomic E-state index is 12.3. The number of anilines is 2. The van der Waals surface area contributed by atoms with Crippen LogP contribution in [0.25, 0.3) is 0 Å². The summed E-state index contributed by atoms with van der Waals surface area (Å²) in [6.07, 6.45) is -1.20. The molecule has 0 bridgehead atoms. The molecule has 3 heterocycles. The van der Waals surface area contributed by atoms with Crippen LogP contribution in [-0.4, -0.2) is 62.0 Å². The lowest BCUT2D eigenvalue weighted by Gasteiger charge is -2.27. The number of cyclic esters (lactones) is 1. The number of nitrogens with one attached hydrogen (secondary N) is 1. The van der Waals surface area contributed by atoms with E-state index in [4.69, 9.17) is 21.1 Å². The van der Waals surface area contributed by atoms with Gasteiger partial charge >= 0.3 is 6.09 Å². The van der Waals surface area contributed by atoms with Gasteiger partial charge in [0.05, 0.1) is 34.6 Å². The Balaban J connectivity index is 1.40. The van der Waals surface area contributed by atoms with E-state index in [9.17, 15) is 19.5 Å². The molecule has 2 fully saturated rings. The summed E-state index contributed by atoms with van der Waals surface area (Å²) in [5, 5.41) is 13.2. The van der Waals surface area contributed by atoms with E-state index in [2.05, 4.69) is 5.32 Å². The molecule has 9 nitrogen and oxygen atoms in total. The number of aromatic hydroxyl groups is 1. The molecule has 1 unspecified atom stereocenters. The molecule has 0 aliphatic carbocycles. The van der Waals surface area contributed by atoms with E-state index in [1.54, 1.807) is 24.3 Å². The van der Waals surface area contributed by atoms with Crippen LogP contribution in [0.1, 0.15) is 9.67 Å². The number of rotatable bonds is 5. The highest BCUT2D eigenvalue weighted by molar-refractivity contribution is 7.18. The van der Waals surface area contributed by atoms with E-state index in [1.807, 2.05) is 0 Å². The Morgan fingerprint density at radius 2 is 2.10 bits per heavy atom. The molecule has 2 saturated heterocycles. The SMILES string of the molecule is O=C(NCC1CN(c2ccc(N3CCOCC3=O)cc2O)C(=O)O1)c1ccc(Cl)s1. The molecule has 1 atom stereocenters. The van der Waals surface area contributed by atoms with Crippen molar-refractivity contribution in [2.75, 3.05) is 42.6 Å². The summed E-state index contributed by atoms with van der Waals surface area (Å²) in [6.45, 7) is 1.08. The second-order valence-electron chi connectivity index (χ2n) is 6.70. The van der Waals surface area contributed by atoms with Crippen LogP contribution in [0.15, 0.2) is 30.3 Å². The Labute approximate surface area is 180 Å². The average molecular weight is 452 g/mol. The molecule has 0 saturated carbocycles. The first-order chi connectivity index (χ1) is 14.4. The van der Waals surface area contributed by atoms with Crippen LogP contribution in [0.4, 0.5) is 16.2 Å². The van der Waals surface area contributed by atoms with Crippen molar-refractivity contribution in [3.8, 4) is 5.75 Å². The fraction of sp³-hybridized carbons (Fsp3) is 0.316. The number of thiophene rings is 1. The molecular weight excluding hydrogens is 434 g/mol. The van der Waals surface area contributed by atoms with Crippen molar-refractivity contribution in [3.63, 3.8) is 0 Å². The van der Waals surface area contributed by atoms with Crippen molar-refractivity contribution < 1.29 is 29.0 Å². The molecule has 1 aromatic heterocycles. The third kappa shape index (κ3) is 4.20. The number of hydrogen-bond donors (Lipinski definition) is 2. The van der Waals surface area contributed by atoms with E-state index in [1.165, 1.54) is 15.9 Å². The Kier molecular flexibility index (Phi) is 5.80. The molecule has 4 rings (SSSR count). The van der Waals surface area contributed by atoms with Crippen molar-refractivity contribution >= 4 is 52.2 Å². The molecule has 11 heteroatoms. The van der Waals surface area contributed by atoms with E-state index in [0.29, 0.717) is 28.1 Å². The zero-order chi connectivity index (χ0) is 21.3. The number of phenolic OH excluding ortho intramolecular Hbond substituents is 1. The minimum absolute atomic E-state index is 0.00790. The predicted octanol–water partition coefficient (Wildman–Crippen LogP) is 2.23. The third-order valence-corrected chi connectivity index (χ3v) is 5.94. The molecule has 2 aliphatic rings. The van der Waals surface area contributed by atoms with Crippen molar-refractivity contribution in [2.45, 2.75) is 6.10 Å². The molecule has 158 valence electrons. The quantitative estimate of drug-likeness (QED) is 0.721. The fourth-order valence-electron chi connectivity index (χ4n) is 3.25. The minimum Gasteiger partial charge on any atom is -0.506 e. The summed E-state index contributed by atoms with van der Waals surface area (Å²) in [6, 6.07) is 7.90. The van der Waals surface area contributed by atoms with Gasteiger partial charge in [0, 0.05) is 18.3 Å². The first-order valence-corrected chi connectivity index (χ1v) is 10.3. The molecule has 0 radical (unpaired) electrons. The molecule has 2 aliphatic heterocycles. The zero-order valence-corrected chi connectivity index (χ0v) is 17.2. The summed E-state index contributed by atoms with van der Waals surface area (Å²) in [4.78, 5) is 39.6. The lowest BCUT2D eigenvalue weighted by Crippen LogP contribution is -2.41. The number of nitrogens with zero attached hydrogens (tertiary/aromatic N) is 2. The van der Waals surface area contributed by atoms with Crippen LogP contribution in [-0.2, 0) is 14.3 Å². The smallest absolute Gasteiger partial charge is 0.414 e. The summed E-state index contributed by atoms with van der Waals surface area (Å²) in [5.41, 5.74) is 0.791. The number of amides is 3. The third-order valence-electron chi connectivity index (χ3n) is 4.71. The van der Waals surface area contributed by atoms with E-state index >= 15 is 0 Å². The average Bonchev–Trinajstić information content (AvgIpc) is 3.32. The molecule has 2 aromatic rings. The monoisotopic (exact) mass is 451 g/mol. The standard InChI is InChI=1S/C19H18ClN3O6S/c20-16-4-3-15(30-16)18(26)21-8-12-9-23(19(27)29-12)13-2-1-11(7-14(13)24)22-5-6-28-10-17(22)25/h1-4,7,12,24H,5-6,8-10H2,(H,21,26). The van der Waals surface area contributed by atoms with E-state index in [0.717, 1.165) is 11.3 Å². The number of phenols is 1. The van der Waals surface area contributed by atoms with E-state index < -0.39 is 12.2 Å². The number of hydrogen-bond acceptors (Lipinski definition) is 7. The summed E-state index contributed by atoms with van der Waals surface area (Å²) in [5.74, 6) is -0.651. The molecule has 3 amide bonds. The number of morpholine rings is 1. The van der Waals surface area contributed by atoms with Crippen molar-refractivity contribution in [2.24, 2.45) is 0 Å². The second-order valence-corrected chi connectivity index (χ2v) is 8.42. The van der Waals surface area contributed by atoms with Crippen LogP contribution in [0, 0.1) is 0 Å². The zero-order valence-electron chi connectivity index (χ0n) is 15.7. The van der Waals surface area contributed by atoms with Crippen molar-refractivity contribution in [3.05, 3.63) is 39.5 Å². The molecule has 0 spiro atoms. The Bertz CT molecular complexity index is 996. The van der Waals surface area contributed by atoms with Crippen molar-refractivity contribution in [1.82, 2.24) is 5.32 Å². The number of carbonyl (C=O) groups excluding carboxylic acids is 3. The van der Waals surface area contributed by atoms with Crippen LogP contribution in [0.2, 0.25) is 4.34 Å². The van der Waals surface area contributed by atoms with Crippen LogP contribution in [0.5, 0.6) is 5.75 Å². The molecular formula is C19H18ClN3O6S. The maximum Gasteiger partial charge on any atom is 0.414 e. The van der Waals surface area contributed by atoms with Gasteiger partial charge in [0.2, 0.25) is 0 Å². The summed E-state index contributed by atoms with van der Waals surface area (Å²) < 4.78 is 10.9. The van der Waals surface area contributed by atoms with Gasteiger partial charge in [-0.15, -0.1) is 11.3 Å². The summed E-state index contributed by atoms with van der Waals surface area (Å²) >= 11 is 6.99. The number of halogens is 1. The fourth-order valence-corrected chi connectivity index (χ4v) is 4.21. The Hall–Kier alpha value is -2.82. The second kappa shape index (κ2) is 8.50. The minimum atomic E-state index is -0.626.